The Morgan fingerprint density at radius 3 is 2.31 bits per heavy atom. The third-order valence-corrected chi connectivity index (χ3v) is 6.44. The SMILES string of the molecule is CCN(c1cc(-c2ccc(C)c(N(C)C(C)=O)c2)cc(C(=O)OC)c1C)C1CCOCC1. The number of rotatable bonds is 6. The predicted octanol–water partition coefficient (Wildman–Crippen LogP) is 4.75. The van der Waals surface area contributed by atoms with Gasteiger partial charge in [-0.3, -0.25) is 4.79 Å². The summed E-state index contributed by atoms with van der Waals surface area (Å²) >= 11 is 0. The summed E-state index contributed by atoms with van der Waals surface area (Å²) in [6, 6.07) is 10.5. The second-order valence-electron chi connectivity index (χ2n) is 8.37. The van der Waals surface area contributed by atoms with Gasteiger partial charge in [0.2, 0.25) is 5.91 Å². The lowest BCUT2D eigenvalue weighted by Crippen LogP contribution is -2.40. The molecular weight excluding hydrogens is 404 g/mol. The number of anilines is 2. The minimum absolute atomic E-state index is 0.0261. The van der Waals surface area contributed by atoms with Crippen molar-refractivity contribution in [2.75, 3.05) is 43.7 Å². The van der Waals surface area contributed by atoms with Crippen LogP contribution in [0.3, 0.4) is 0 Å². The molecule has 0 bridgehead atoms. The van der Waals surface area contributed by atoms with Crippen LogP contribution in [0, 0.1) is 13.8 Å². The van der Waals surface area contributed by atoms with Crippen molar-refractivity contribution in [3.63, 3.8) is 0 Å². The lowest BCUT2D eigenvalue weighted by Gasteiger charge is -2.37. The average molecular weight is 439 g/mol. The number of esters is 1. The van der Waals surface area contributed by atoms with Crippen LogP contribution in [0.2, 0.25) is 0 Å². The van der Waals surface area contributed by atoms with Gasteiger partial charge in [-0.25, -0.2) is 4.79 Å². The lowest BCUT2D eigenvalue weighted by atomic mass is 9.94. The zero-order valence-electron chi connectivity index (χ0n) is 20.0. The number of carbonyl (C=O) groups is 2. The molecule has 0 radical (unpaired) electrons. The molecule has 3 rings (SSSR count). The van der Waals surface area contributed by atoms with Gasteiger partial charge in [0.15, 0.2) is 0 Å². The van der Waals surface area contributed by atoms with E-state index in [-0.39, 0.29) is 11.9 Å². The smallest absolute Gasteiger partial charge is 0.338 e. The van der Waals surface area contributed by atoms with Crippen LogP contribution in [-0.2, 0) is 14.3 Å². The highest BCUT2D eigenvalue weighted by Gasteiger charge is 2.25. The van der Waals surface area contributed by atoms with E-state index in [0.29, 0.717) is 11.6 Å². The maximum absolute atomic E-state index is 12.7. The zero-order valence-corrected chi connectivity index (χ0v) is 20.0. The quantitative estimate of drug-likeness (QED) is 0.610. The van der Waals surface area contributed by atoms with E-state index in [0.717, 1.165) is 66.2 Å². The van der Waals surface area contributed by atoms with Crippen molar-refractivity contribution in [1.82, 2.24) is 0 Å². The predicted molar refractivity (Wildman–Crippen MR) is 129 cm³/mol. The van der Waals surface area contributed by atoms with Gasteiger partial charge in [0.05, 0.1) is 12.7 Å². The monoisotopic (exact) mass is 438 g/mol. The van der Waals surface area contributed by atoms with Crippen LogP contribution in [0.1, 0.15) is 48.2 Å². The summed E-state index contributed by atoms with van der Waals surface area (Å²) in [5, 5.41) is 0. The second kappa shape index (κ2) is 10.2. The van der Waals surface area contributed by atoms with E-state index >= 15 is 0 Å². The first-order chi connectivity index (χ1) is 15.3. The first kappa shape index (κ1) is 23.8. The number of amides is 1. The van der Waals surface area contributed by atoms with Crippen LogP contribution in [-0.4, -0.2) is 51.8 Å². The summed E-state index contributed by atoms with van der Waals surface area (Å²) in [7, 11) is 3.19. The summed E-state index contributed by atoms with van der Waals surface area (Å²) in [5.41, 5.74) is 6.27. The molecule has 1 heterocycles. The van der Waals surface area contributed by atoms with E-state index in [1.807, 2.05) is 38.1 Å². The molecule has 6 heteroatoms. The molecule has 6 nitrogen and oxygen atoms in total. The summed E-state index contributed by atoms with van der Waals surface area (Å²) in [4.78, 5) is 28.7. The molecular formula is C26H34N2O4. The number of methoxy groups -OCH3 is 1. The number of carbonyl (C=O) groups excluding carboxylic acids is 2. The average Bonchev–Trinajstić information content (AvgIpc) is 2.80. The van der Waals surface area contributed by atoms with Gasteiger partial charge >= 0.3 is 5.97 Å². The van der Waals surface area contributed by atoms with Gasteiger partial charge in [0, 0.05) is 51.1 Å². The largest absolute Gasteiger partial charge is 0.465 e. The Morgan fingerprint density at radius 2 is 1.72 bits per heavy atom. The summed E-state index contributed by atoms with van der Waals surface area (Å²) in [6.45, 7) is 10.0. The molecule has 2 aromatic rings. The van der Waals surface area contributed by atoms with E-state index in [9.17, 15) is 9.59 Å². The van der Waals surface area contributed by atoms with Crippen LogP contribution < -0.4 is 9.80 Å². The second-order valence-corrected chi connectivity index (χ2v) is 8.37. The minimum atomic E-state index is -0.346. The molecule has 2 aromatic carbocycles. The Labute approximate surface area is 191 Å². The maximum atomic E-state index is 12.7. The molecule has 0 saturated carbocycles. The van der Waals surface area contributed by atoms with E-state index in [1.165, 1.54) is 7.11 Å². The van der Waals surface area contributed by atoms with Crippen LogP contribution in [0.25, 0.3) is 11.1 Å². The third-order valence-electron chi connectivity index (χ3n) is 6.44. The number of nitrogens with zero attached hydrogens (tertiary/aromatic N) is 2. The van der Waals surface area contributed by atoms with E-state index in [1.54, 1.807) is 18.9 Å². The topological polar surface area (TPSA) is 59.1 Å². The van der Waals surface area contributed by atoms with Crippen LogP contribution in [0.4, 0.5) is 11.4 Å². The van der Waals surface area contributed by atoms with Crippen molar-refractivity contribution in [2.45, 2.75) is 46.6 Å². The van der Waals surface area contributed by atoms with Crippen LogP contribution in [0.5, 0.6) is 0 Å². The van der Waals surface area contributed by atoms with Crippen molar-refractivity contribution < 1.29 is 19.1 Å². The van der Waals surface area contributed by atoms with Crippen molar-refractivity contribution in [3.8, 4) is 11.1 Å². The Hall–Kier alpha value is -2.86. The molecule has 1 aliphatic rings. The van der Waals surface area contributed by atoms with Crippen LogP contribution >= 0.6 is 0 Å². The minimum Gasteiger partial charge on any atom is -0.465 e. The van der Waals surface area contributed by atoms with Gasteiger partial charge in [0.1, 0.15) is 0 Å². The molecule has 172 valence electrons. The van der Waals surface area contributed by atoms with E-state index in [4.69, 9.17) is 9.47 Å². The van der Waals surface area contributed by atoms with Crippen LogP contribution in [0.15, 0.2) is 30.3 Å². The van der Waals surface area contributed by atoms with Gasteiger partial charge in [-0.15, -0.1) is 0 Å². The first-order valence-corrected chi connectivity index (χ1v) is 11.2. The molecule has 0 N–H and O–H groups in total. The molecule has 0 atom stereocenters. The highest BCUT2D eigenvalue weighted by molar-refractivity contribution is 5.96. The Bertz CT molecular complexity index is 996. The van der Waals surface area contributed by atoms with Crippen molar-refractivity contribution in [1.29, 1.82) is 0 Å². The molecule has 1 aliphatic heterocycles. The first-order valence-electron chi connectivity index (χ1n) is 11.2. The normalized spacial score (nSPS) is 14.2. The molecule has 32 heavy (non-hydrogen) atoms. The Balaban J connectivity index is 2.16. The summed E-state index contributed by atoms with van der Waals surface area (Å²) < 4.78 is 10.7. The summed E-state index contributed by atoms with van der Waals surface area (Å²) in [6.07, 6.45) is 1.92. The summed E-state index contributed by atoms with van der Waals surface area (Å²) in [5.74, 6) is -0.372. The Morgan fingerprint density at radius 1 is 1.06 bits per heavy atom. The fourth-order valence-corrected chi connectivity index (χ4v) is 4.43. The van der Waals surface area contributed by atoms with Gasteiger partial charge < -0.3 is 19.3 Å². The molecule has 1 amide bonds. The number of hydrogen-bond acceptors (Lipinski definition) is 5. The highest BCUT2D eigenvalue weighted by atomic mass is 16.5. The van der Waals surface area contributed by atoms with Crippen molar-refractivity contribution in [3.05, 3.63) is 47.0 Å². The molecule has 0 unspecified atom stereocenters. The Kier molecular flexibility index (Phi) is 7.56. The number of ether oxygens (including phenoxy) is 2. The van der Waals surface area contributed by atoms with Crippen molar-refractivity contribution in [2.24, 2.45) is 0 Å². The third kappa shape index (κ3) is 4.80. The van der Waals surface area contributed by atoms with E-state index in [2.05, 4.69) is 17.9 Å². The highest BCUT2D eigenvalue weighted by Crippen LogP contribution is 2.35. The molecule has 0 aromatic heterocycles. The van der Waals surface area contributed by atoms with Gasteiger partial charge in [-0.05, 0) is 74.1 Å². The molecule has 1 fully saturated rings. The maximum Gasteiger partial charge on any atom is 0.338 e. The van der Waals surface area contributed by atoms with Gasteiger partial charge in [0.25, 0.3) is 0 Å². The zero-order chi connectivity index (χ0) is 23.4. The number of aryl methyl sites for hydroxylation is 1. The fraction of sp³-hybridized carbons (Fsp3) is 0.462. The number of hydrogen-bond donors (Lipinski definition) is 0. The molecule has 0 spiro atoms. The van der Waals surface area contributed by atoms with E-state index < -0.39 is 0 Å². The van der Waals surface area contributed by atoms with Gasteiger partial charge in [-0.2, -0.15) is 0 Å². The van der Waals surface area contributed by atoms with Crippen molar-refractivity contribution >= 4 is 23.3 Å². The number of benzene rings is 2. The molecule has 0 aliphatic carbocycles. The fourth-order valence-electron chi connectivity index (χ4n) is 4.43. The van der Waals surface area contributed by atoms with Gasteiger partial charge in [-0.1, -0.05) is 12.1 Å². The molecule has 1 saturated heterocycles. The standard InChI is InChI=1S/C26H34N2O4/c1-7-28(22-10-12-32-13-11-22)25-16-21(14-23(18(25)3)26(30)31-6)20-9-8-17(2)24(15-20)27(5)19(4)29/h8-9,14-16,22H,7,10-13H2,1-6H3. The lowest BCUT2D eigenvalue weighted by molar-refractivity contribution is -0.116.